The third kappa shape index (κ3) is 2.18. The van der Waals surface area contributed by atoms with E-state index < -0.39 is 17.6 Å². The molecule has 1 aromatic rings. The number of hydrogen-bond acceptors (Lipinski definition) is 3. The molecule has 0 heterocycles. The summed E-state index contributed by atoms with van der Waals surface area (Å²) >= 11 is 0. The molecule has 0 aromatic heterocycles. The Morgan fingerprint density at radius 3 is 2.50 bits per heavy atom. The van der Waals surface area contributed by atoms with E-state index in [4.69, 9.17) is 9.84 Å². The fourth-order valence-corrected chi connectivity index (χ4v) is 1.39. The van der Waals surface area contributed by atoms with Crippen LogP contribution in [-0.4, -0.2) is 24.0 Å². The maximum atomic E-state index is 13.5. The number of ketones is 1. The Balaban J connectivity index is 3.31. The van der Waals surface area contributed by atoms with Gasteiger partial charge in [0.2, 0.25) is 0 Å². The maximum absolute atomic E-state index is 13.5. The standard InChI is InChI=1S/C11H11FO4/c1-3-7-8(12)4-6(5-9(7)16-2)10(13)11(14)15/h4-5H,3H2,1-2H3,(H,14,15). The van der Waals surface area contributed by atoms with Gasteiger partial charge in [0.15, 0.2) is 0 Å². The molecule has 0 aliphatic carbocycles. The minimum Gasteiger partial charge on any atom is -0.496 e. The highest BCUT2D eigenvalue weighted by Crippen LogP contribution is 2.24. The van der Waals surface area contributed by atoms with Gasteiger partial charge >= 0.3 is 5.97 Å². The lowest BCUT2D eigenvalue weighted by Crippen LogP contribution is -2.13. The van der Waals surface area contributed by atoms with E-state index in [1.807, 2.05) is 0 Å². The number of ether oxygens (including phenoxy) is 1. The highest BCUT2D eigenvalue weighted by atomic mass is 19.1. The third-order valence-electron chi connectivity index (χ3n) is 2.18. The number of halogens is 1. The normalized spacial score (nSPS) is 9.94. The minimum absolute atomic E-state index is 0.187. The summed E-state index contributed by atoms with van der Waals surface area (Å²) in [5.41, 5.74) is 0.100. The first-order valence-corrected chi connectivity index (χ1v) is 4.65. The molecule has 86 valence electrons. The van der Waals surface area contributed by atoms with E-state index in [-0.39, 0.29) is 11.3 Å². The number of methoxy groups -OCH3 is 1. The average Bonchev–Trinajstić information content (AvgIpc) is 2.26. The molecule has 0 saturated heterocycles. The number of Topliss-reactive ketones (excluding diaryl/α,β-unsaturated/α-hetero) is 1. The van der Waals surface area contributed by atoms with Crippen LogP contribution >= 0.6 is 0 Å². The van der Waals surface area contributed by atoms with Gasteiger partial charge in [0.1, 0.15) is 11.6 Å². The monoisotopic (exact) mass is 226 g/mol. The summed E-state index contributed by atoms with van der Waals surface area (Å²) < 4.78 is 18.4. The quantitative estimate of drug-likeness (QED) is 0.626. The van der Waals surface area contributed by atoms with Crippen molar-refractivity contribution in [1.29, 1.82) is 0 Å². The second-order valence-corrected chi connectivity index (χ2v) is 3.13. The summed E-state index contributed by atoms with van der Waals surface area (Å²) in [4.78, 5) is 21.6. The molecule has 0 bridgehead atoms. The molecule has 1 rings (SSSR count). The van der Waals surface area contributed by atoms with Crippen molar-refractivity contribution < 1.29 is 23.8 Å². The van der Waals surface area contributed by atoms with Gasteiger partial charge in [-0.05, 0) is 18.6 Å². The third-order valence-corrected chi connectivity index (χ3v) is 2.18. The number of carboxylic acid groups (broad SMARTS) is 1. The van der Waals surface area contributed by atoms with Crippen molar-refractivity contribution in [2.75, 3.05) is 7.11 Å². The van der Waals surface area contributed by atoms with Crippen LogP contribution in [0.1, 0.15) is 22.8 Å². The Morgan fingerprint density at radius 2 is 2.06 bits per heavy atom. The topological polar surface area (TPSA) is 63.6 Å². The zero-order valence-corrected chi connectivity index (χ0v) is 8.91. The molecule has 4 nitrogen and oxygen atoms in total. The van der Waals surface area contributed by atoms with Gasteiger partial charge in [-0.1, -0.05) is 6.92 Å². The molecule has 0 aliphatic rings. The van der Waals surface area contributed by atoms with Crippen molar-refractivity contribution in [2.45, 2.75) is 13.3 Å². The first-order chi connectivity index (χ1) is 7.51. The molecule has 0 unspecified atom stereocenters. The van der Waals surface area contributed by atoms with E-state index in [2.05, 4.69) is 0 Å². The molecule has 0 aliphatic heterocycles. The van der Waals surface area contributed by atoms with Gasteiger partial charge in [-0.2, -0.15) is 0 Å². The molecule has 0 spiro atoms. The number of carboxylic acids is 1. The average molecular weight is 226 g/mol. The molecule has 16 heavy (non-hydrogen) atoms. The highest BCUT2D eigenvalue weighted by Gasteiger charge is 2.19. The highest BCUT2D eigenvalue weighted by molar-refractivity contribution is 6.39. The largest absolute Gasteiger partial charge is 0.496 e. The van der Waals surface area contributed by atoms with Crippen LogP contribution in [0.25, 0.3) is 0 Å². The van der Waals surface area contributed by atoms with Gasteiger partial charge < -0.3 is 9.84 Å². The molecular weight excluding hydrogens is 215 g/mol. The van der Waals surface area contributed by atoms with Crippen LogP contribution in [-0.2, 0) is 11.2 Å². The molecule has 5 heteroatoms. The number of aliphatic carboxylic acids is 1. The SMILES string of the molecule is CCc1c(F)cc(C(=O)C(=O)O)cc1OC. The molecule has 0 fully saturated rings. The van der Waals surface area contributed by atoms with Gasteiger partial charge in [0.05, 0.1) is 7.11 Å². The summed E-state index contributed by atoms with van der Waals surface area (Å²) in [5.74, 6) is -3.22. The van der Waals surface area contributed by atoms with Gasteiger partial charge in [0, 0.05) is 11.1 Å². The Kier molecular flexibility index (Phi) is 3.60. The van der Waals surface area contributed by atoms with Crippen LogP contribution in [0, 0.1) is 5.82 Å². The van der Waals surface area contributed by atoms with Gasteiger partial charge in [-0.25, -0.2) is 9.18 Å². The number of hydrogen-bond donors (Lipinski definition) is 1. The smallest absolute Gasteiger partial charge is 0.377 e. The number of carbonyl (C=O) groups is 2. The Labute approximate surface area is 91.7 Å². The van der Waals surface area contributed by atoms with Crippen molar-refractivity contribution in [1.82, 2.24) is 0 Å². The summed E-state index contributed by atoms with van der Waals surface area (Å²) in [5, 5.41) is 8.50. The number of carbonyl (C=O) groups excluding carboxylic acids is 1. The van der Waals surface area contributed by atoms with E-state index in [1.54, 1.807) is 6.92 Å². The van der Waals surface area contributed by atoms with Crippen LogP contribution in [0.3, 0.4) is 0 Å². The molecule has 0 amide bonds. The lowest BCUT2D eigenvalue weighted by molar-refractivity contribution is -0.131. The van der Waals surface area contributed by atoms with Crippen molar-refractivity contribution in [3.8, 4) is 5.75 Å². The van der Waals surface area contributed by atoms with E-state index in [0.29, 0.717) is 12.0 Å². The Bertz CT molecular complexity index is 440. The minimum atomic E-state index is -1.62. The zero-order valence-electron chi connectivity index (χ0n) is 8.91. The molecular formula is C11H11FO4. The first kappa shape index (κ1) is 12.2. The van der Waals surface area contributed by atoms with Crippen molar-refractivity contribution in [3.63, 3.8) is 0 Å². The fraction of sp³-hybridized carbons (Fsp3) is 0.273. The molecule has 1 N–H and O–H groups in total. The first-order valence-electron chi connectivity index (χ1n) is 4.65. The summed E-state index contributed by atoms with van der Waals surface area (Å²) in [6.45, 7) is 1.74. The predicted octanol–water partition coefficient (Wildman–Crippen LogP) is 1.66. The molecule has 0 atom stereocenters. The second kappa shape index (κ2) is 4.74. The number of rotatable bonds is 4. The predicted molar refractivity (Wildman–Crippen MR) is 54.3 cm³/mol. The van der Waals surface area contributed by atoms with Crippen molar-refractivity contribution in [2.24, 2.45) is 0 Å². The zero-order chi connectivity index (χ0) is 12.3. The van der Waals surface area contributed by atoms with Crippen LogP contribution in [0.5, 0.6) is 5.75 Å². The maximum Gasteiger partial charge on any atom is 0.377 e. The van der Waals surface area contributed by atoms with E-state index >= 15 is 0 Å². The van der Waals surface area contributed by atoms with E-state index in [1.165, 1.54) is 13.2 Å². The van der Waals surface area contributed by atoms with E-state index in [0.717, 1.165) is 6.07 Å². The molecule has 0 saturated carbocycles. The van der Waals surface area contributed by atoms with Crippen molar-refractivity contribution in [3.05, 3.63) is 29.1 Å². The van der Waals surface area contributed by atoms with Crippen LogP contribution < -0.4 is 4.74 Å². The summed E-state index contributed by atoms with van der Waals surface area (Å²) in [7, 11) is 1.34. The molecule has 1 aromatic carbocycles. The lowest BCUT2D eigenvalue weighted by Gasteiger charge is -2.09. The Morgan fingerprint density at radius 1 is 1.44 bits per heavy atom. The van der Waals surface area contributed by atoms with Gasteiger partial charge in [-0.15, -0.1) is 0 Å². The summed E-state index contributed by atoms with van der Waals surface area (Å²) in [6.07, 6.45) is 0.399. The van der Waals surface area contributed by atoms with Crippen LogP contribution in [0.15, 0.2) is 12.1 Å². The number of benzene rings is 1. The second-order valence-electron chi connectivity index (χ2n) is 3.13. The van der Waals surface area contributed by atoms with Crippen molar-refractivity contribution >= 4 is 11.8 Å². The Hall–Kier alpha value is -1.91. The van der Waals surface area contributed by atoms with E-state index in [9.17, 15) is 14.0 Å². The van der Waals surface area contributed by atoms with Gasteiger partial charge in [-0.3, -0.25) is 4.79 Å². The molecule has 0 radical (unpaired) electrons. The van der Waals surface area contributed by atoms with Crippen LogP contribution in [0.2, 0.25) is 0 Å². The summed E-state index contributed by atoms with van der Waals surface area (Å²) in [6, 6.07) is 2.15. The van der Waals surface area contributed by atoms with Crippen LogP contribution in [0.4, 0.5) is 4.39 Å². The van der Waals surface area contributed by atoms with Gasteiger partial charge in [0.25, 0.3) is 5.78 Å². The fourth-order valence-electron chi connectivity index (χ4n) is 1.39. The lowest BCUT2D eigenvalue weighted by atomic mass is 10.0.